The molecule has 0 aromatic rings. The highest BCUT2D eigenvalue weighted by Crippen LogP contribution is 2.73. The van der Waals surface area contributed by atoms with Gasteiger partial charge in [-0.3, -0.25) is 4.89 Å². The molecule has 0 heterocycles. The zero-order valence-electron chi connectivity index (χ0n) is 15.2. The van der Waals surface area contributed by atoms with Gasteiger partial charge >= 0.3 is 45.1 Å². The predicted octanol–water partition coefficient (Wildman–Crippen LogP) is -3.47. The van der Waals surface area contributed by atoms with E-state index in [9.17, 15) is 47.8 Å². The van der Waals surface area contributed by atoms with E-state index in [1.807, 2.05) is 0 Å². The van der Waals surface area contributed by atoms with E-state index in [4.69, 9.17) is 34.7 Å². The summed E-state index contributed by atoms with van der Waals surface area (Å²) in [7, 11) is -31.0. The molecular formula is C6H17O22P5. The van der Waals surface area contributed by atoms with Crippen molar-refractivity contribution in [2.45, 2.75) is 24.4 Å². The zero-order valence-corrected chi connectivity index (χ0v) is 19.6. The van der Waals surface area contributed by atoms with Crippen LogP contribution in [0, 0.1) is 0 Å². The first-order chi connectivity index (χ1) is 14.4. The fourth-order valence-electron chi connectivity index (χ4n) is 1.42. The number of phosphoric acid groups is 5. The molecule has 0 aliphatic rings. The lowest BCUT2D eigenvalue weighted by molar-refractivity contribution is -0.162. The van der Waals surface area contributed by atoms with Crippen molar-refractivity contribution in [2.75, 3.05) is 6.61 Å². The van der Waals surface area contributed by atoms with Crippen LogP contribution >= 0.6 is 39.1 Å². The number of aliphatic hydroxyl groups excluding tert-OH is 5. The van der Waals surface area contributed by atoms with Gasteiger partial charge in [-0.05, 0) is 0 Å². The highest BCUT2D eigenvalue weighted by Gasteiger charge is 2.49. The Balaban J connectivity index is 5.28. The van der Waals surface area contributed by atoms with Gasteiger partial charge in [-0.15, -0.1) is 0 Å². The molecule has 198 valence electrons. The lowest BCUT2D eigenvalue weighted by Crippen LogP contribution is -2.49. The minimum Gasteiger partial charge on any atom is -0.394 e. The van der Waals surface area contributed by atoms with Crippen molar-refractivity contribution in [3.05, 3.63) is 0 Å². The fourth-order valence-corrected chi connectivity index (χ4v) is 7.25. The monoisotopic (exact) mass is 596 g/mol. The van der Waals surface area contributed by atoms with Gasteiger partial charge in [0.25, 0.3) is 0 Å². The van der Waals surface area contributed by atoms with Gasteiger partial charge in [0.1, 0.15) is 18.3 Å². The molecule has 0 bridgehead atoms. The molecule has 0 aliphatic heterocycles. The Bertz CT molecular complexity index is 920. The Morgan fingerprint density at radius 2 is 1.00 bits per heavy atom. The number of phosphoric ester groups is 1. The highest BCUT2D eigenvalue weighted by atomic mass is 31.3. The first-order valence-corrected chi connectivity index (χ1v) is 14.7. The van der Waals surface area contributed by atoms with Crippen molar-refractivity contribution in [1.82, 2.24) is 0 Å². The quantitative estimate of drug-likeness (QED) is 0.0867. The van der Waals surface area contributed by atoms with Crippen molar-refractivity contribution in [3.63, 3.8) is 0 Å². The molecule has 0 aliphatic carbocycles. The van der Waals surface area contributed by atoms with Gasteiger partial charge in [-0.25, -0.2) is 27.6 Å². The van der Waals surface area contributed by atoms with E-state index in [1.165, 1.54) is 0 Å². The first-order valence-electron chi connectivity index (χ1n) is 7.21. The smallest absolute Gasteiger partial charge is 0.394 e. The van der Waals surface area contributed by atoms with Crippen LogP contribution in [0.2, 0.25) is 0 Å². The molecule has 8 atom stereocenters. The summed E-state index contributed by atoms with van der Waals surface area (Å²) < 4.78 is 72.5. The second-order valence-electron chi connectivity index (χ2n) is 5.28. The van der Waals surface area contributed by atoms with Crippen molar-refractivity contribution in [1.29, 1.82) is 0 Å². The van der Waals surface area contributed by atoms with Crippen LogP contribution in [0.25, 0.3) is 0 Å². The SMILES string of the molecule is O=C(OP(=O)(O)OP(=O)(O)OP(=O)(O)OP(=O)(O)OP(=O)(O)O)[C@H](O)[C@@H](O)[C@H](O)[C@H](O)CO. The van der Waals surface area contributed by atoms with Crippen LogP contribution < -0.4 is 0 Å². The summed E-state index contributed by atoms with van der Waals surface area (Å²) in [4.78, 5) is 64.5. The fraction of sp³-hybridized carbons (Fsp3) is 0.833. The summed E-state index contributed by atoms with van der Waals surface area (Å²) in [6.45, 7) is -1.18. The Kier molecular flexibility index (Phi) is 11.8. The van der Waals surface area contributed by atoms with Crippen molar-refractivity contribution < 1.29 is 104 Å². The lowest BCUT2D eigenvalue weighted by atomic mass is 10.0. The van der Waals surface area contributed by atoms with Gasteiger partial charge in [-0.1, -0.05) is 0 Å². The number of rotatable bonds is 14. The van der Waals surface area contributed by atoms with Crippen LogP contribution in [0.4, 0.5) is 0 Å². The minimum atomic E-state index is -6.40. The van der Waals surface area contributed by atoms with E-state index < -0.39 is 76.1 Å². The van der Waals surface area contributed by atoms with Gasteiger partial charge < -0.3 is 54.5 Å². The lowest BCUT2D eigenvalue weighted by Gasteiger charge is -2.25. The number of hydrogen-bond acceptors (Lipinski definition) is 16. The normalized spacial score (nSPS) is 23.6. The Labute approximate surface area is 181 Å². The maximum absolute atomic E-state index is 11.6. The van der Waals surface area contributed by atoms with E-state index in [1.54, 1.807) is 0 Å². The van der Waals surface area contributed by atoms with Crippen LogP contribution in [-0.4, -0.2) is 91.9 Å². The molecule has 0 saturated heterocycles. The summed E-state index contributed by atoms with van der Waals surface area (Å²) in [5.74, 6) is -2.36. The molecule has 22 nitrogen and oxygen atoms in total. The van der Waals surface area contributed by atoms with E-state index in [0.717, 1.165) is 0 Å². The van der Waals surface area contributed by atoms with Gasteiger partial charge in [0.15, 0.2) is 6.10 Å². The van der Waals surface area contributed by atoms with Crippen LogP contribution in [0.1, 0.15) is 0 Å². The summed E-state index contributed by atoms with van der Waals surface area (Å²) in [6.07, 6.45) is -10.2. The number of carbonyl (C=O) groups is 1. The maximum atomic E-state index is 11.6. The standard InChI is InChI=1S/C6H17O22P5/c7-1-2(8)3(9)4(10)5(11)6(12)24-30(16,17)26-32(20,21)28-33(22,23)27-31(18,19)25-29(13,14)15/h2-5,7-11H,1H2,(H,16,17)(H,18,19)(H,20,21)(H,22,23)(H2,13,14,15)/t2-,3-,4+,5-/m1/s1. The van der Waals surface area contributed by atoms with Crippen LogP contribution in [0.5, 0.6) is 0 Å². The van der Waals surface area contributed by atoms with Crippen LogP contribution in [0.15, 0.2) is 0 Å². The van der Waals surface area contributed by atoms with E-state index in [-0.39, 0.29) is 0 Å². The molecule has 0 aromatic carbocycles. The number of hydrogen-bond donors (Lipinski definition) is 11. The van der Waals surface area contributed by atoms with Crippen LogP contribution in [-0.2, 0) is 49.4 Å². The Hall–Kier alpha value is 0.0200. The summed E-state index contributed by atoms with van der Waals surface area (Å²) in [6, 6.07) is 0. The van der Waals surface area contributed by atoms with Gasteiger partial charge in [0, 0.05) is 0 Å². The summed E-state index contributed by atoms with van der Waals surface area (Å²) in [5, 5.41) is 45.8. The molecule has 0 rings (SSSR count). The van der Waals surface area contributed by atoms with Crippen LogP contribution in [0.3, 0.4) is 0 Å². The predicted molar refractivity (Wildman–Crippen MR) is 92.9 cm³/mol. The summed E-state index contributed by atoms with van der Waals surface area (Å²) in [5.41, 5.74) is 0. The molecule has 4 unspecified atom stereocenters. The molecule has 11 N–H and O–H groups in total. The van der Waals surface area contributed by atoms with Crippen molar-refractivity contribution in [2.24, 2.45) is 0 Å². The molecule has 0 radical (unpaired) electrons. The number of carbonyl (C=O) groups excluding carboxylic acids is 1. The van der Waals surface area contributed by atoms with E-state index in [0.29, 0.717) is 0 Å². The summed E-state index contributed by atoms with van der Waals surface area (Å²) >= 11 is 0. The third-order valence-corrected chi connectivity index (χ3v) is 9.57. The van der Waals surface area contributed by atoms with E-state index >= 15 is 0 Å². The largest absolute Gasteiger partial charge is 0.538 e. The van der Waals surface area contributed by atoms with Crippen molar-refractivity contribution in [3.8, 4) is 0 Å². The second-order valence-corrected chi connectivity index (χ2v) is 12.8. The van der Waals surface area contributed by atoms with Gasteiger partial charge in [0.05, 0.1) is 6.61 Å². The van der Waals surface area contributed by atoms with Gasteiger partial charge in [0.2, 0.25) is 0 Å². The second kappa shape index (κ2) is 11.8. The minimum absolute atomic E-state index is 1.18. The molecule has 0 saturated carbocycles. The third-order valence-electron chi connectivity index (χ3n) is 2.53. The topological polar surface area (TPSA) is 371 Å². The molecule has 0 amide bonds. The Morgan fingerprint density at radius 3 is 1.36 bits per heavy atom. The average molecular weight is 596 g/mol. The third kappa shape index (κ3) is 13.1. The maximum Gasteiger partial charge on any atom is 0.538 e. The zero-order chi connectivity index (χ0) is 26.6. The molecule has 0 aromatic heterocycles. The highest BCUT2D eigenvalue weighted by molar-refractivity contribution is 7.71. The average Bonchev–Trinajstić information content (AvgIpc) is 2.52. The first kappa shape index (κ1) is 33.0. The number of aliphatic hydroxyl groups is 5. The molecule has 0 fully saturated rings. The van der Waals surface area contributed by atoms with Gasteiger partial charge in [-0.2, -0.15) is 17.2 Å². The Morgan fingerprint density at radius 1 is 0.636 bits per heavy atom. The van der Waals surface area contributed by atoms with Crippen molar-refractivity contribution >= 4 is 45.1 Å². The van der Waals surface area contributed by atoms with E-state index in [2.05, 4.69) is 21.8 Å². The molecule has 33 heavy (non-hydrogen) atoms. The molecule has 27 heteroatoms. The molecule has 0 spiro atoms. The molecular weight excluding hydrogens is 579 g/mol.